The zero-order valence-corrected chi connectivity index (χ0v) is 20.2. The lowest BCUT2D eigenvalue weighted by Gasteiger charge is -2.23. The van der Waals surface area contributed by atoms with E-state index in [1.807, 2.05) is 24.1 Å². The van der Waals surface area contributed by atoms with Crippen LogP contribution in [-0.2, 0) is 23.1 Å². The van der Waals surface area contributed by atoms with Crippen molar-refractivity contribution in [3.05, 3.63) is 65.2 Å². The minimum Gasteiger partial charge on any atom is -0.352 e. The Balaban J connectivity index is 0.00000392. The molecule has 8 heteroatoms. The van der Waals surface area contributed by atoms with E-state index in [0.717, 1.165) is 0 Å². The van der Waals surface area contributed by atoms with Gasteiger partial charge in [-0.15, -0.1) is 24.0 Å². The summed E-state index contributed by atoms with van der Waals surface area (Å²) >= 11 is 0. The van der Waals surface area contributed by atoms with E-state index in [-0.39, 0.29) is 24.0 Å². The van der Waals surface area contributed by atoms with Crippen LogP contribution in [0.3, 0.4) is 0 Å². The zero-order valence-electron chi connectivity index (χ0n) is 17.0. The van der Waals surface area contributed by atoms with E-state index in [1.165, 1.54) is 29.5 Å². The Kier molecular flexibility index (Phi) is 9.38. The number of rotatable bonds is 6. The SMILES string of the molecule is CN=C(NCc1ccccc1S(=O)(=O)N(C)C)N(C)Cc1ccc(C)cc1.I. The molecule has 0 saturated heterocycles. The third-order valence-electron chi connectivity index (χ3n) is 4.28. The van der Waals surface area contributed by atoms with Crippen LogP contribution in [0.4, 0.5) is 0 Å². The molecule has 0 atom stereocenters. The first-order chi connectivity index (χ1) is 12.8. The second-order valence-corrected chi connectivity index (χ2v) is 8.76. The highest BCUT2D eigenvalue weighted by atomic mass is 127. The molecule has 2 rings (SSSR count). The van der Waals surface area contributed by atoms with Gasteiger partial charge in [-0.1, -0.05) is 48.0 Å². The summed E-state index contributed by atoms with van der Waals surface area (Å²) in [5.41, 5.74) is 3.11. The number of aliphatic imine (C=N–C) groups is 1. The first-order valence-corrected chi connectivity index (χ1v) is 10.2. The van der Waals surface area contributed by atoms with Gasteiger partial charge in [0.05, 0.1) is 4.90 Å². The van der Waals surface area contributed by atoms with Gasteiger partial charge in [-0.2, -0.15) is 0 Å². The normalized spacial score (nSPS) is 11.9. The van der Waals surface area contributed by atoms with Crippen LogP contribution in [-0.4, -0.2) is 51.8 Å². The van der Waals surface area contributed by atoms with E-state index < -0.39 is 10.0 Å². The molecule has 0 spiro atoms. The van der Waals surface area contributed by atoms with Gasteiger partial charge >= 0.3 is 0 Å². The molecule has 0 unspecified atom stereocenters. The Labute approximate surface area is 185 Å². The molecular weight excluding hydrogens is 487 g/mol. The molecular formula is C20H29IN4O2S. The Bertz CT molecular complexity index is 897. The fourth-order valence-electron chi connectivity index (χ4n) is 2.70. The summed E-state index contributed by atoms with van der Waals surface area (Å²) in [6.07, 6.45) is 0. The Morgan fingerprint density at radius 3 is 2.21 bits per heavy atom. The average Bonchev–Trinajstić information content (AvgIpc) is 2.64. The smallest absolute Gasteiger partial charge is 0.242 e. The second-order valence-electron chi connectivity index (χ2n) is 6.64. The van der Waals surface area contributed by atoms with Gasteiger partial charge in [0.2, 0.25) is 10.0 Å². The van der Waals surface area contributed by atoms with Gasteiger partial charge in [-0.3, -0.25) is 4.99 Å². The van der Waals surface area contributed by atoms with E-state index in [4.69, 9.17) is 0 Å². The standard InChI is InChI=1S/C20H28N4O2S.HI/c1-16-10-12-17(13-11-16)15-24(5)20(21-2)22-14-18-8-6-7-9-19(18)27(25,26)23(3)4;/h6-13H,14-15H2,1-5H3,(H,21,22);1H. The Hall–Kier alpha value is -1.65. The minimum absolute atomic E-state index is 0. The quantitative estimate of drug-likeness (QED) is 0.364. The van der Waals surface area contributed by atoms with Gasteiger partial charge in [0.15, 0.2) is 5.96 Å². The highest BCUT2D eigenvalue weighted by molar-refractivity contribution is 14.0. The van der Waals surface area contributed by atoms with Crippen molar-refractivity contribution in [1.82, 2.24) is 14.5 Å². The van der Waals surface area contributed by atoms with Gasteiger partial charge in [-0.05, 0) is 24.1 Å². The average molecular weight is 516 g/mol. The summed E-state index contributed by atoms with van der Waals surface area (Å²) in [7, 11) is 3.25. The number of guanidine groups is 1. The van der Waals surface area contributed by atoms with Crippen LogP contribution >= 0.6 is 24.0 Å². The molecule has 0 saturated carbocycles. The number of nitrogens with zero attached hydrogens (tertiary/aromatic N) is 3. The van der Waals surface area contributed by atoms with Crippen molar-refractivity contribution in [3.63, 3.8) is 0 Å². The van der Waals surface area contributed by atoms with Crippen LogP contribution in [0.1, 0.15) is 16.7 Å². The summed E-state index contributed by atoms with van der Waals surface area (Å²) < 4.78 is 26.3. The first kappa shape index (κ1) is 24.4. The first-order valence-electron chi connectivity index (χ1n) is 8.73. The van der Waals surface area contributed by atoms with Gasteiger partial charge in [-0.25, -0.2) is 12.7 Å². The molecule has 0 amide bonds. The summed E-state index contributed by atoms with van der Waals surface area (Å²) in [5.74, 6) is 0.702. The van der Waals surface area contributed by atoms with Crippen LogP contribution in [0.15, 0.2) is 58.4 Å². The molecule has 28 heavy (non-hydrogen) atoms. The van der Waals surface area contributed by atoms with E-state index >= 15 is 0 Å². The van der Waals surface area contributed by atoms with Crippen molar-refractivity contribution in [3.8, 4) is 0 Å². The molecule has 0 aliphatic carbocycles. The fraction of sp³-hybridized carbons (Fsp3) is 0.350. The molecule has 6 nitrogen and oxygen atoms in total. The maximum Gasteiger partial charge on any atom is 0.242 e. The topological polar surface area (TPSA) is 65.0 Å². The maximum absolute atomic E-state index is 12.5. The summed E-state index contributed by atoms with van der Waals surface area (Å²) in [5, 5.41) is 3.26. The number of halogens is 1. The summed E-state index contributed by atoms with van der Waals surface area (Å²) in [4.78, 5) is 6.63. The van der Waals surface area contributed by atoms with Crippen LogP contribution in [0.25, 0.3) is 0 Å². The van der Waals surface area contributed by atoms with Crippen molar-refractivity contribution in [1.29, 1.82) is 0 Å². The van der Waals surface area contributed by atoms with Crippen molar-refractivity contribution >= 4 is 40.0 Å². The Morgan fingerprint density at radius 2 is 1.64 bits per heavy atom. The highest BCUT2D eigenvalue weighted by Gasteiger charge is 2.20. The lowest BCUT2D eigenvalue weighted by molar-refractivity contribution is 0.476. The molecule has 0 aliphatic rings. The predicted octanol–water partition coefficient (Wildman–Crippen LogP) is 3.07. The summed E-state index contributed by atoms with van der Waals surface area (Å²) in [6, 6.07) is 15.4. The van der Waals surface area contributed by atoms with Crippen molar-refractivity contribution in [2.45, 2.75) is 24.9 Å². The van der Waals surface area contributed by atoms with Crippen molar-refractivity contribution in [2.24, 2.45) is 4.99 Å². The van der Waals surface area contributed by atoms with Crippen LogP contribution < -0.4 is 5.32 Å². The van der Waals surface area contributed by atoms with E-state index in [9.17, 15) is 8.42 Å². The number of aryl methyl sites for hydroxylation is 1. The van der Waals surface area contributed by atoms with Crippen LogP contribution in [0, 0.1) is 6.92 Å². The number of hydrogen-bond donors (Lipinski definition) is 1. The fourth-order valence-corrected chi connectivity index (χ4v) is 3.81. The molecule has 0 aliphatic heterocycles. The molecule has 0 radical (unpaired) electrons. The number of hydrogen-bond acceptors (Lipinski definition) is 3. The molecule has 0 aromatic heterocycles. The molecule has 0 heterocycles. The maximum atomic E-state index is 12.5. The summed E-state index contributed by atoms with van der Waals surface area (Å²) in [6.45, 7) is 3.14. The van der Waals surface area contributed by atoms with Gasteiger partial charge in [0, 0.05) is 41.3 Å². The molecule has 0 bridgehead atoms. The number of nitrogens with one attached hydrogen (secondary N) is 1. The minimum atomic E-state index is -3.50. The lowest BCUT2D eigenvalue weighted by atomic mass is 10.1. The molecule has 2 aromatic carbocycles. The van der Waals surface area contributed by atoms with E-state index in [2.05, 4.69) is 41.5 Å². The monoisotopic (exact) mass is 516 g/mol. The van der Waals surface area contributed by atoms with Crippen molar-refractivity contribution in [2.75, 3.05) is 28.2 Å². The van der Waals surface area contributed by atoms with Crippen molar-refractivity contribution < 1.29 is 8.42 Å². The van der Waals surface area contributed by atoms with Crippen LogP contribution in [0.5, 0.6) is 0 Å². The van der Waals surface area contributed by atoms with Gasteiger partial charge < -0.3 is 10.2 Å². The molecule has 0 fully saturated rings. The Morgan fingerprint density at radius 1 is 1.04 bits per heavy atom. The zero-order chi connectivity index (χ0) is 20.0. The highest BCUT2D eigenvalue weighted by Crippen LogP contribution is 2.18. The predicted molar refractivity (Wildman–Crippen MR) is 126 cm³/mol. The van der Waals surface area contributed by atoms with E-state index in [0.29, 0.717) is 29.5 Å². The molecule has 1 N–H and O–H groups in total. The lowest BCUT2D eigenvalue weighted by Crippen LogP contribution is -2.38. The molecule has 2 aromatic rings. The number of sulfonamides is 1. The third kappa shape index (κ3) is 6.18. The van der Waals surface area contributed by atoms with Gasteiger partial charge in [0.1, 0.15) is 0 Å². The number of benzene rings is 2. The largest absolute Gasteiger partial charge is 0.352 e. The van der Waals surface area contributed by atoms with E-state index in [1.54, 1.807) is 19.2 Å². The molecule has 154 valence electrons. The van der Waals surface area contributed by atoms with Crippen LogP contribution in [0.2, 0.25) is 0 Å². The second kappa shape index (κ2) is 10.8. The third-order valence-corrected chi connectivity index (χ3v) is 6.20. The van der Waals surface area contributed by atoms with Gasteiger partial charge in [0.25, 0.3) is 0 Å².